The van der Waals surface area contributed by atoms with Crippen molar-refractivity contribution < 1.29 is 23.5 Å². The van der Waals surface area contributed by atoms with Crippen molar-refractivity contribution in [3.8, 4) is 5.75 Å². The molecule has 3 aromatic carbocycles. The van der Waals surface area contributed by atoms with E-state index in [0.717, 1.165) is 28.0 Å². The van der Waals surface area contributed by atoms with E-state index in [1.807, 2.05) is 61.2 Å². The van der Waals surface area contributed by atoms with Gasteiger partial charge in [-0.05, 0) is 92.7 Å². The number of methoxy groups -OCH3 is 1. The Balaban J connectivity index is 1.79. The molecule has 0 spiro atoms. The second-order valence-corrected chi connectivity index (χ2v) is 11.6. The van der Waals surface area contributed by atoms with E-state index >= 15 is 0 Å². The Morgan fingerprint density at radius 1 is 0.889 bits per heavy atom. The average molecular weight is 639 g/mol. The molecule has 0 aromatic heterocycles. The fourth-order valence-corrected chi connectivity index (χ4v) is 5.46. The summed E-state index contributed by atoms with van der Waals surface area (Å²) in [6.45, 7) is 5.19. The van der Waals surface area contributed by atoms with Crippen LogP contribution in [0.5, 0.6) is 5.75 Å². The maximum atomic E-state index is 14.1. The van der Waals surface area contributed by atoms with Crippen molar-refractivity contribution in [3.63, 3.8) is 0 Å². The standard InChI is InChI=1S/C35H44ClFN4O4/c1-5-40(21-18-28-11-6-25(2)22-31(28)36)34(43)23-32(39(3)19-16-26-7-12-29(37)13-8-26)35(44)41(24-33(38)42)20-17-27-9-14-30(45-4)15-10-27/h6-15,22,32H,5,16-21,23-24H2,1-4H3,(H2,38,42). The van der Waals surface area contributed by atoms with Crippen molar-refractivity contribution in [2.75, 3.05) is 46.9 Å². The van der Waals surface area contributed by atoms with Crippen molar-refractivity contribution in [2.24, 2.45) is 5.73 Å². The lowest BCUT2D eigenvalue weighted by Crippen LogP contribution is -2.52. The van der Waals surface area contributed by atoms with Crippen LogP contribution in [0.25, 0.3) is 0 Å². The zero-order chi connectivity index (χ0) is 32.9. The van der Waals surface area contributed by atoms with Crippen LogP contribution in [0.2, 0.25) is 5.02 Å². The van der Waals surface area contributed by atoms with E-state index in [9.17, 15) is 18.8 Å². The predicted octanol–water partition coefficient (Wildman–Crippen LogP) is 4.68. The number of carbonyl (C=O) groups excluding carboxylic acids is 3. The molecular weight excluding hydrogens is 595 g/mol. The van der Waals surface area contributed by atoms with Crippen molar-refractivity contribution in [1.29, 1.82) is 0 Å². The van der Waals surface area contributed by atoms with E-state index in [0.29, 0.717) is 43.9 Å². The molecule has 0 heterocycles. The van der Waals surface area contributed by atoms with Gasteiger partial charge in [0.1, 0.15) is 11.6 Å². The topological polar surface area (TPSA) is 96.2 Å². The Bertz CT molecular complexity index is 1420. The fourth-order valence-electron chi connectivity index (χ4n) is 5.13. The van der Waals surface area contributed by atoms with Crippen LogP contribution in [-0.4, -0.2) is 85.3 Å². The number of nitrogens with zero attached hydrogens (tertiary/aromatic N) is 3. The normalized spacial score (nSPS) is 11.7. The number of ether oxygens (including phenoxy) is 1. The number of carbonyl (C=O) groups is 3. The molecule has 2 N–H and O–H groups in total. The first-order valence-corrected chi connectivity index (χ1v) is 15.6. The molecule has 0 bridgehead atoms. The molecule has 242 valence electrons. The van der Waals surface area contributed by atoms with Gasteiger partial charge in [0.2, 0.25) is 17.7 Å². The molecule has 0 aliphatic heterocycles. The average Bonchev–Trinajstić information content (AvgIpc) is 3.02. The Hall–Kier alpha value is -3.95. The van der Waals surface area contributed by atoms with Crippen molar-refractivity contribution in [3.05, 3.63) is 99.8 Å². The van der Waals surface area contributed by atoms with E-state index in [1.54, 1.807) is 31.2 Å². The van der Waals surface area contributed by atoms with Gasteiger partial charge >= 0.3 is 0 Å². The lowest BCUT2D eigenvalue weighted by atomic mass is 10.1. The van der Waals surface area contributed by atoms with E-state index in [4.69, 9.17) is 22.1 Å². The molecule has 0 saturated heterocycles. The van der Waals surface area contributed by atoms with Gasteiger partial charge in [-0.2, -0.15) is 0 Å². The molecule has 10 heteroatoms. The smallest absolute Gasteiger partial charge is 0.240 e. The molecule has 0 fully saturated rings. The van der Waals surface area contributed by atoms with Gasteiger partial charge in [0, 0.05) is 31.2 Å². The third-order valence-corrected chi connectivity index (χ3v) is 8.29. The van der Waals surface area contributed by atoms with Gasteiger partial charge in [0.15, 0.2) is 0 Å². The summed E-state index contributed by atoms with van der Waals surface area (Å²) in [6.07, 6.45) is 1.53. The molecule has 3 rings (SSSR count). The largest absolute Gasteiger partial charge is 0.497 e. The highest BCUT2D eigenvalue weighted by Crippen LogP contribution is 2.19. The van der Waals surface area contributed by atoms with Gasteiger partial charge < -0.3 is 20.3 Å². The molecule has 3 aromatic rings. The van der Waals surface area contributed by atoms with Crippen LogP contribution in [0.3, 0.4) is 0 Å². The number of benzene rings is 3. The van der Waals surface area contributed by atoms with E-state index in [-0.39, 0.29) is 37.1 Å². The van der Waals surface area contributed by atoms with Crippen molar-refractivity contribution in [2.45, 2.75) is 45.6 Å². The Labute approximate surface area is 270 Å². The second kappa shape index (κ2) is 17.5. The van der Waals surface area contributed by atoms with Gasteiger partial charge in [0.25, 0.3) is 0 Å². The number of aryl methyl sites for hydroxylation is 1. The fraction of sp³-hybridized carbons (Fsp3) is 0.400. The van der Waals surface area contributed by atoms with Crippen LogP contribution in [0.15, 0.2) is 66.7 Å². The number of primary amides is 1. The van der Waals surface area contributed by atoms with Gasteiger partial charge in [-0.15, -0.1) is 0 Å². The summed E-state index contributed by atoms with van der Waals surface area (Å²) in [5.41, 5.74) is 9.44. The van der Waals surface area contributed by atoms with Gasteiger partial charge in [-0.3, -0.25) is 19.3 Å². The Kier molecular flexibility index (Phi) is 13.8. The van der Waals surface area contributed by atoms with Gasteiger partial charge in [0.05, 0.1) is 26.1 Å². The summed E-state index contributed by atoms with van der Waals surface area (Å²) in [5.74, 6) is -0.773. The number of rotatable bonds is 17. The summed E-state index contributed by atoms with van der Waals surface area (Å²) in [7, 11) is 3.38. The van der Waals surface area contributed by atoms with Crippen LogP contribution >= 0.6 is 11.6 Å². The Morgan fingerprint density at radius 2 is 1.49 bits per heavy atom. The maximum Gasteiger partial charge on any atom is 0.240 e. The highest BCUT2D eigenvalue weighted by molar-refractivity contribution is 6.31. The maximum absolute atomic E-state index is 14.1. The molecule has 8 nitrogen and oxygen atoms in total. The van der Waals surface area contributed by atoms with E-state index in [2.05, 4.69) is 0 Å². The van der Waals surface area contributed by atoms with Crippen LogP contribution in [0.1, 0.15) is 35.6 Å². The van der Waals surface area contributed by atoms with Gasteiger partial charge in [-0.1, -0.05) is 48.0 Å². The number of amides is 3. The zero-order valence-electron chi connectivity index (χ0n) is 26.6. The van der Waals surface area contributed by atoms with Crippen molar-refractivity contribution >= 4 is 29.3 Å². The SMILES string of the molecule is CCN(CCc1ccc(C)cc1Cl)C(=O)CC(C(=O)N(CCc1ccc(OC)cc1)CC(N)=O)N(C)CCc1ccc(F)cc1. The lowest BCUT2D eigenvalue weighted by Gasteiger charge is -2.33. The van der Waals surface area contributed by atoms with Crippen LogP contribution in [0, 0.1) is 12.7 Å². The summed E-state index contributed by atoms with van der Waals surface area (Å²) in [5, 5.41) is 0.658. The monoisotopic (exact) mass is 638 g/mol. The molecule has 45 heavy (non-hydrogen) atoms. The van der Waals surface area contributed by atoms with Crippen molar-refractivity contribution in [1.82, 2.24) is 14.7 Å². The molecule has 1 atom stereocenters. The minimum atomic E-state index is -0.842. The third kappa shape index (κ3) is 11.2. The third-order valence-electron chi connectivity index (χ3n) is 7.93. The molecular formula is C35H44ClFN4O4. The Morgan fingerprint density at radius 3 is 2.07 bits per heavy atom. The van der Waals surface area contributed by atoms with E-state index in [1.165, 1.54) is 17.0 Å². The summed E-state index contributed by atoms with van der Waals surface area (Å²) < 4.78 is 18.7. The van der Waals surface area contributed by atoms with Crippen LogP contribution < -0.4 is 10.5 Å². The minimum Gasteiger partial charge on any atom is -0.497 e. The summed E-state index contributed by atoms with van der Waals surface area (Å²) >= 11 is 6.44. The first kappa shape index (κ1) is 35.5. The molecule has 3 amide bonds. The van der Waals surface area contributed by atoms with Gasteiger partial charge in [-0.25, -0.2) is 4.39 Å². The molecule has 1 unspecified atom stereocenters. The molecule has 0 aliphatic rings. The molecule has 0 saturated carbocycles. The number of halogens is 2. The van der Waals surface area contributed by atoms with E-state index < -0.39 is 11.9 Å². The van der Waals surface area contributed by atoms with Crippen LogP contribution in [0.4, 0.5) is 4.39 Å². The quantitative estimate of drug-likeness (QED) is 0.232. The number of hydrogen-bond donors (Lipinski definition) is 1. The highest BCUT2D eigenvalue weighted by atomic mass is 35.5. The van der Waals surface area contributed by atoms with Crippen LogP contribution in [-0.2, 0) is 33.6 Å². The number of hydrogen-bond acceptors (Lipinski definition) is 5. The first-order valence-electron chi connectivity index (χ1n) is 15.2. The first-order chi connectivity index (χ1) is 21.5. The molecule has 0 radical (unpaired) electrons. The predicted molar refractivity (Wildman–Crippen MR) is 176 cm³/mol. The second-order valence-electron chi connectivity index (χ2n) is 11.2. The lowest BCUT2D eigenvalue weighted by molar-refractivity contribution is -0.143. The highest BCUT2D eigenvalue weighted by Gasteiger charge is 2.32. The zero-order valence-corrected chi connectivity index (χ0v) is 27.4. The minimum absolute atomic E-state index is 0.0774. The number of likely N-dealkylation sites (N-methyl/N-ethyl adjacent to an activating group) is 2. The summed E-state index contributed by atoms with van der Waals surface area (Å²) in [6, 6.07) is 18.7. The summed E-state index contributed by atoms with van der Waals surface area (Å²) in [4.78, 5) is 44.9. The molecule has 0 aliphatic carbocycles. The number of nitrogens with two attached hydrogens (primary N) is 1.